The number of benzene rings is 1. The van der Waals surface area contributed by atoms with Gasteiger partial charge in [-0.25, -0.2) is 4.98 Å². The molecule has 1 unspecified atom stereocenters. The number of aromatic nitrogens is 2. The summed E-state index contributed by atoms with van der Waals surface area (Å²) >= 11 is 1.66. The maximum atomic E-state index is 5.53. The van der Waals surface area contributed by atoms with E-state index in [0.717, 1.165) is 22.8 Å². The summed E-state index contributed by atoms with van der Waals surface area (Å²) in [5, 5.41) is 5.42. The molecule has 4 nitrogen and oxygen atoms in total. The Balaban J connectivity index is 1.89. The largest absolute Gasteiger partial charge is 0.496 e. The topological polar surface area (TPSA) is 38.6 Å². The standard InChI is InChI=1S/C16H19N3OS/c1-11-4-5-13(15(8-11)20-3)14(17-2)9-12-10-19-6-7-21-16(19)18-12/h4-8,10,14,17H,9H2,1-3H3. The monoisotopic (exact) mass is 301 g/mol. The predicted molar refractivity (Wildman–Crippen MR) is 86.3 cm³/mol. The van der Waals surface area contributed by atoms with Crippen molar-refractivity contribution in [3.05, 3.63) is 52.8 Å². The number of aryl methyl sites for hydroxylation is 1. The van der Waals surface area contributed by atoms with Gasteiger partial charge in [0.1, 0.15) is 5.75 Å². The number of thiazole rings is 1. The van der Waals surface area contributed by atoms with Gasteiger partial charge in [-0.3, -0.25) is 4.40 Å². The Labute approximate surface area is 128 Å². The summed E-state index contributed by atoms with van der Waals surface area (Å²) in [6.07, 6.45) is 4.97. The van der Waals surface area contributed by atoms with Crippen molar-refractivity contribution in [3.8, 4) is 5.75 Å². The molecule has 1 N–H and O–H groups in total. The van der Waals surface area contributed by atoms with E-state index in [-0.39, 0.29) is 6.04 Å². The van der Waals surface area contributed by atoms with Gasteiger partial charge in [0.25, 0.3) is 0 Å². The molecule has 0 fully saturated rings. The average Bonchev–Trinajstić information content (AvgIpc) is 3.06. The fraction of sp³-hybridized carbons (Fsp3) is 0.312. The van der Waals surface area contributed by atoms with Crippen molar-refractivity contribution in [2.75, 3.05) is 14.2 Å². The van der Waals surface area contributed by atoms with Crippen molar-refractivity contribution in [1.29, 1.82) is 0 Å². The molecule has 0 bridgehead atoms. The minimum absolute atomic E-state index is 0.185. The number of hydrogen-bond donors (Lipinski definition) is 1. The lowest BCUT2D eigenvalue weighted by Gasteiger charge is -2.19. The van der Waals surface area contributed by atoms with Gasteiger partial charge in [0.2, 0.25) is 0 Å². The number of likely N-dealkylation sites (N-methyl/N-ethyl adjacent to an activating group) is 1. The molecule has 2 aromatic heterocycles. The molecule has 3 rings (SSSR count). The first kappa shape index (κ1) is 14.1. The zero-order chi connectivity index (χ0) is 14.8. The van der Waals surface area contributed by atoms with E-state index in [1.807, 2.05) is 18.6 Å². The summed E-state index contributed by atoms with van der Waals surface area (Å²) in [5.74, 6) is 0.926. The van der Waals surface area contributed by atoms with E-state index in [1.54, 1.807) is 18.4 Å². The van der Waals surface area contributed by atoms with Crippen LogP contribution < -0.4 is 10.1 Å². The molecule has 1 atom stereocenters. The number of rotatable bonds is 5. The molecule has 1 aromatic carbocycles. The predicted octanol–water partition coefficient (Wildman–Crippen LogP) is 3.22. The van der Waals surface area contributed by atoms with Gasteiger partial charge in [-0.2, -0.15) is 0 Å². The SMILES string of the molecule is CNC(Cc1cn2ccsc2n1)c1ccc(C)cc1OC. The molecule has 5 heteroatoms. The Morgan fingerprint density at radius 2 is 2.29 bits per heavy atom. The van der Waals surface area contributed by atoms with E-state index in [1.165, 1.54) is 11.1 Å². The maximum Gasteiger partial charge on any atom is 0.193 e. The number of nitrogens with zero attached hydrogens (tertiary/aromatic N) is 2. The zero-order valence-corrected chi connectivity index (χ0v) is 13.3. The van der Waals surface area contributed by atoms with Crippen molar-refractivity contribution in [2.24, 2.45) is 0 Å². The van der Waals surface area contributed by atoms with Crippen LogP contribution in [0.1, 0.15) is 22.9 Å². The summed E-state index contributed by atoms with van der Waals surface area (Å²) in [7, 11) is 3.69. The normalized spacial score (nSPS) is 12.7. The number of methoxy groups -OCH3 is 1. The van der Waals surface area contributed by atoms with Gasteiger partial charge in [-0.15, -0.1) is 11.3 Å². The highest BCUT2D eigenvalue weighted by Gasteiger charge is 2.17. The first-order chi connectivity index (χ1) is 10.2. The molecule has 2 heterocycles. The lowest BCUT2D eigenvalue weighted by molar-refractivity contribution is 0.400. The van der Waals surface area contributed by atoms with Crippen LogP contribution >= 0.6 is 11.3 Å². The van der Waals surface area contributed by atoms with Crippen molar-refractivity contribution in [3.63, 3.8) is 0 Å². The summed E-state index contributed by atoms with van der Waals surface area (Å²) in [5.41, 5.74) is 3.46. The van der Waals surface area contributed by atoms with Gasteiger partial charge in [-0.05, 0) is 25.6 Å². The first-order valence-electron chi connectivity index (χ1n) is 6.94. The number of hydrogen-bond acceptors (Lipinski definition) is 4. The molecule has 0 aliphatic carbocycles. The Morgan fingerprint density at radius 3 is 3.00 bits per heavy atom. The van der Waals surface area contributed by atoms with E-state index in [9.17, 15) is 0 Å². The second-order valence-corrected chi connectivity index (χ2v) is 5.99. The number of fused-ring (bicyclic) bond motifs is 1. The van der Waals surface area contributed by atoms with E-state index in [4.69, 9.17) is 4.74 Å². The minimum atomic E-state index is 0.185. The molecular weight excluding hydrogens is 282 g/mol. The third-order valence-electron chi connectivity index (χ3n) is 3.67. The van der Waals surface area contributed by atoms with Gasteiger partial charge in [0.15, 0.2) is 4.96 Å². The molecule has 0 amide bonds. The zero-order valence-electron chi connectivity index (χ0n) is 12.5. The molecule has 0 aliphatic rings. The molecule has 0 saturated heterocycles. The summed E-state index contributed by atoms with van der Waals surface area (Å²) in [4.78, 5) is 5.70. The van der Waals surface area contributed by atoms with E-state index in [0.29, 0.717) is 0 Å². The average molecular weight is 301 g/mol. The molecule has 0 saturated carbocycles. The van der Waals surface area contributed by atoms with Crippen LogP contribution in [0.25, 0.3) is 4.96 Å². The van der Waals surface area contributed by atoms with Crippen molar-refractivity contribution >= 4 is 16.3 Å². The van der Waals surface area contributed by atoms with Crippen LogP contribution in [-0.4, -0.2) is 23.5 Å². The Kier molecular flexibility index (Phi) is 3.94. The molecule has 21 heavy (non-hydrogen) atoms. The molecule has 0 radical (unpaired) electrons. The van der Waals surface area contributed by atoms with Crippen molar-refractivity contribution < 1.29 is 4.74 Å². The lowest BCUT2D eigenvalue weighted by atomic mass is 10.00. The van der Waals surface area contributed by atoms with Gasteiger partial charge in [0, 0.05) is 35.8 Å². The van der Waals surface area contributed by atoms with Crippen LogP contribution in [0.3, 0.4) is 0 Å². The highest BCUT2D eigenvalue weighted by atomic mass is 32.1. The second kappa shape index (κ2) is 5.87. The Hall–Kier alpha value is -1.85. The first-order valence-corrected chi connectivity index (χ1v) is 7.82. The Morgan fingerprint density at radius 1 is 1.43 bits per heavy atom. The molecular formula is C16H19N3OS. The van der Waals surface area contributed by atoms with Gasteiger partial charge < -0.3 is 10.1 Å². The molecule has 0 spiro atoms. The highest BCUT2D eigenvalue weighted by molar-refractivity contribution is 7.15. The number of nitrogens with one attached hydrogen (secondary N) is 1. The van der Waals surface area contributed by atoms with Gasteiger partial charge >= 0.3 is 0 Å². The van der Waals surface area contributed by atoms with Gasteiger partial charge in [0.05, 0.1) is 12.8 Å². The third kappa shape index (κ3) is 2.80. The number of imidazole rings is 1. The maximum absolute atomic E-state index is 5.53. The van der Waals surface area contributed by atoms with Crippen LogP contribution in [0, 0.1) is 6.92 Å². The minimum Gasteiger partial charge on any atom is -0.496 e. The van der Waals surface area contributed by atoms with E-state index < -0.39 is 0 Å². The van der Waals surface area contributed by atoms with Crippen LogP contribution in [0.2, 0.25) is 0 Å². The van der Waals surface area contributed by atoms with E-state index in [2.05, 4.69) is 46.0 Å². The van der Waals surface area contributed by atoms with Crippen LogP contribution in [0.15, 0.2) is 36.0 Å². The fourth-order valence-electron chi connectivity index (χ4n) is 2.56. The summed E-state index contributed by atoms with van der Waals surface area (Å²) in [6.45, 7) is 2.07. The summed E-state index contributed by atoms with van der Waals surface area (Å²) in [6, 6.07) is 6.51. The van der Waals surface area contributed by atoms with Crippen molar-refractivity contribution in [2.45, 2.75) is 19.4 Å². The highest BCUT2D eigenvalue weighted by Crippen LogP contribution is 2.28. The third-order valence-corrected chi connectivity index (χ3v) is 4.44. The van der Waals surface area contributed by atoms with Crippen LogP contribution in [0.4, 0.5) is 0 Å². The van der Waals surface area contributed by atoms with Crippen molar-refractivity contribution in [1.82, 2.24) is 14.7 Å². The number of ether oxygens (including phenoxy) is 1. The van der Waals surface area contributed by atoms with Crippen LogP contribution in [0.5, 0.6) is 5.75 Å². The second-order valence-electron chi connectivity index (χ2n) is 5.12. The smallest absolute Gasteiger partial charge is 0.193 e. The molecule has 110 valence electrons. The lowest BCUT2D eigenvalue weighted by Crippen LogP contribution is -2.19. The van der Waals surface area contributed by atoms with E-state index >= 15 is 0 Å². The quantitative estimate of drug-likeness (QED) is 0.786. The van der Waals surface area contributed by atoms with Crippen LogP contribution in [-0.2, 0) is 6.42 Å². The fourth-order valence-corrected chi connectivity index (χ4v) is 3.28. The Bertz CT molecular complexity index is 718. The molecule has 0 aliphatic heterocycles. The van der Waals surface area contributed by atoms with Gasteiger partial charge in [-0.1, -0.05) is 12.1 Å². The summed E-state index contributed by atoms with van der Waals surface area (Å²) < 4.78 is 7.60. The molecule has 3 aromatic rings.